The molecule has 0 rings (SSSR count). The van der Waals surface area contributed by atoms with Crippen molar-refractivity contribution in [3.05, 3.63) is 72.9 Å². The van der Waals surface area contributed by atoms with Crippen molar-refractivity contribution >= 4 is 0 Å². The van der Waals surface area contributed by atoms with Gasteiger partial charge in [-0.05, 0) is 97.8 Å². The molecule has 0 heterocycles. The minimum absolute atomic E-state index is 0.0323. The van der Waals surface area contributed by atoms with Crippen LogP contribution in [-0.2, 0) is 4.74 Å². The standard InChI is InChI=1S/C41H72O/c1-6-8-10-12-14-16-18-20-22-24-26-28-30-32-34-36-38-40(42-41(3,4)5)39-37-35-33-31-29-27-25-23-21-19-17-15-13-11-9-7-2/h8-11,14-17,20-23,40H,6-7,12-13,18-19,24-39H2,1-5H3/b10-8-,11-9-,16-14-,17-15-,22-20-,23-21-. The molecule has 42 heavy (non-hydrogen) atoms. The molecule has 0 spiro atoms. The molecule has 0 aromatic carbocycles. The van der Waals surface area contributed by atoms with Crippen LogP contribution in [0.1, 0.15) is 176 Å². The molecule has 0 saturated carbocycles. The number of hydrogen-bond donors (Lipinski definition) is 0. The van der Waals surface area contributed by atoms with Gasteiger partial charge in [0, 0.05) is 0 Å². The summed E-state index contributed by atoms with van der Waals surface area (Å²) in [6.07, 6.45) is 55.7. The number of ether oxygens (including phenoxy) is 1. The molecule has 0 fully saturated rings. The van der Waals surface area contributed by atoms with Crippen LogP contribution < -0.4 is 0 Å². The third-order valence-electron chi connectivity index (χ3n) is 7.37. The second kappa shape index (κ2) is 32.3. The van der Waals surface area contributed by atoms with Crippen LogP contribution in [0, 0.1) is 0 Å². The van der Waals surface area contributed by atoms with Crippen LogP contribution in [0.2, 0.25) is 0 Å². The summed E-state index contributed by atoms with van der Waals surface area (Å²) in [6.45, 7) is 11.0. The molecule has 0 N–H and O–H groups in total. The average molecular weight is 581 g/mol. The first-order chi connectivity index (χ1) is 20.5. The van der Waals surface area contributed by atoms with E-state index in [1.165, 1.54) is 103 Å². The van der Waals surface area contributed by atoms with Gasteiger partial charge in [-0.25, -0.2) is 0 Å². The normalized spacial score (nSPS) is 13.3. The molecule has 0 aliphatic heterocycles. The SMILES string of the molecule is CC/C=C\C/C=C\C/C=C\CCCCCCCCC(CCCCCCCC/C=C\C/C=C\C/C=C\CC)OC(C)(C)C. The molecule has 0 bridgehead atoms. The molecule has 0 amide bonds. The van der Waals surface area contributed by atoms with Gasteiger partial charge in [0.1, 0.15) is 0 Å². The fourth-order valence-corrected chi connectivity index (χ4v) is 5.10. The number of hydrogen-bond acceptors (Lipinski definition) is 1. The van der Waals surface area contributed by atoms with E-state index in [2.05, 4.69) is 108 Å². The summed E-state index contributed by atoms with van der Waals surface area (Å²) in [7, 11) is 0. The van der Waals surface area contributed by atoms with Gasteiger partial charge in [0.25, 0.3) is 0 Å². The Bertz CT molecular complexity index is 658. The zero-order valence-corrected chi connectivity index (χ0v) is 29.0. The fourth-order valence-electron chi connectivity index (χ4n) is 5.10. The highest BCUT2D eigenvalue weighted by Gasteiger charge is 2.18. The molecule has 0 aliphatic rings. The predicted octanol–water partition coefficient (Wildman–Crippen LogP) is 14.1. The zero-order chi connectivity index (χ0) is 30.8. The molecule has 0 aromatic rings. The molecule has 0 aliphatic carbocycles. The van der Waals surface area contributed by atoms with Crippen LogP contribution in [0.5, 0.6) is 0 Å². The average Bonchev–Trinajstić information content (AvgIpc) is 2.95. The van der Waals surface area contributed by atoms with Gasteiger partial charge in [-0.1, -0.05) is 151 Å². The number of rotatable bonds is 29. The fraction of sp³-hybridized carbons (Fsp3) is 0.707. The van der Waals surface area contributed by atoms with Crippen LogP contribution in [0.25, 0.3) is 0 Å². The van der Waals surface area contributed by atoms with Gasteiger partial charge >= 0.3 is 0 Å². The van der Waals surface area contributed by atoms with Gasteiger partial charge in [0.05, 0.1) is 11.7 Å². The second-order valence-corrected chi connectivity index (χ2v) is 12.8. The molecule has 1 heteroatoms. The summed E-state index contributed by atoms with van der Waals surface area (Å²) in [6, 6.07) is 0. The van der Waals surface area contributed by atoms with E-state index in [4.69, 9.17) is 4.74 Å². The van der Waals surface area contributed by atoms with Gasteiger partial charge in [-0.2, -0.15) is 0 Å². The molecule has 0 saturated heterocycles. The third-order valence-corrected chi connectivity index (χ3v) is 7.37. The molecule has 242 valence electrons. The molecule has 0 radical (unpaired) electrons. The molecule has 0 atom stereocenters. The Labute approximate surface area is 264 Å². The van der Waals surface area contributed by atoms with Crippen molar-refractivity contribution in [3.8, 4) is 0 Å². The summed E-state index contributed by atoms with van der Waals surface area (Å²) in [4.78, 5) is 0. The van der Waals surface area contributed by atoms with Crippen molar-refractivity contribution in [2.24, 2.45) is 0 Å². The van der Waals surface area contributed by atoms with E-state index in [0.717, 1.165) is 38.5 Å². The Morgan fingerprint density at radius 3 is 1.07 bits per heavy atom. The second-order valence-electron chi connectivity index (χ2n) is 12.8. The Balaban J connectivity index is 3.77. The monoisotopic (exact) mass is 581 g/mol. The van der Waals surface area contributed by atoms with Crippen molar-refractivity contribution in [2.75, 3.05) is 0 Å². The van der Waals surface area contributed by atoms with E-state index in [1.807, 2.05) is 0 Å². The minimum Gasteiger partial charge on any atom is -0.373 e. The van der Waals surface area contributed by atoms with Crippen molar-refractivity contribution in [3.63, 3.8) is 0 Å². The molecule has 1 nitrogen and oxygen atoms in total. The highest BCUT2D eigenvalue weighted by Crippen LogP contribution is 2.22. The third kappa shape index (κ3) is 34.6. The Kier molecular flexibility index (Phi) is 31.1. The lowest BCUT2D eigenvalue weighted by molar-refractivity contribution is -0.0677. The molecular weight excluding hydrogens is 508 g/mol. The lowest BCUT2D eigenvalue weighted by Crippen LogP contribution is -2.27. The van der Waals surface area contributed by atoms with E-state index < -0.39 is 0 Å². The first kappa shape index (κ1) is 40.4. The first-order valence-corrected chi connectivity index (χ1v) is 18.1. The van der Waals surface area contributed by atoms with Crippen LogP contribution in [0.3, 0.4) is 0 Å². The van der Waals surface area contributed by atoms with Crippen LogP contribution >= 0.6 is 0 Å². The quantitative estimate of drug-likeness (QED) is 0.0631. The Hall–Kier alpha value is -1.60. The highest BCUT2D eigenvalue weighted by molar-refractivity contribution is 4.98. The zero-order valence-electron chi connectivity index (χ0n) is 29.0. The first-order valence-electron chi connectivity index (χ1n) is 18.1. The van der Waals surface area contributed by atoms with Crippen LogP contribution in [0.15, 0.2) is 72.9 Å². The molecule has 0 aromatic heterocycles. The van der Waals surface area contributed by atoms with Crippen LogP contribution in [0.4, 0.5) is 0 Å². The van der Waals surface area contributed by atoms with E-state index in [-0.39, 0.29) is 5.60 Å². The van der Waals surface area contributed by atoms with Crippen molar-refractivity contribution in [1.29, 1.82) is 0 Å². The summed E-state index contributed by atoms with van der Waals surface area (Å²) in [5, 5.41) is 0. The Morgan fingerprint density at radius 2 is 0.714 bits per heavy atom. The number of unbranched alkanes of at least 4 members (excludes halogenated alkanes) is 12. The van der Waals surface area contributed by atoms with Gasteiger partial charge in [-0.15, -0.1) is 0 Å². The van der Waals surface area contributed by atoms with E-state index >= 15 is 0 Å². The van der Waals surface area contributed by atoms with Crippen LogP contribution in [-0.4, -0.2) is 11.7 Å². The molecular formula is C41H72O. The van der Waals surface area contributed by atoms with Crippen molar-refractivity contribution in [1.82, 2.24) is 0 Å². The number of allylic oxidation sites excluding steroid dienone is 12. The highest BCUT2D eigenvalue weighted by atomic mass is 16.5. The van der Waals surface area contributed by atoms with E-state index in [1.54, 1.807) is 0 Å². The maximum Gasteiger partial charge on any atom is 0.0602 e. The minimum atomic E-state index is -0.0323. The lowest BCUT2D eigenvalue weighted by Gasteiger charge is -2.28. The van der Waals surface area contributed by atoms with E-state index in [9.17, 15) is 0 Å². The van der Waals surface area contributed by atoms with Gasteiger partial charge in [0.2, 0.25) is 0 Å². The van der Waals surface area contributed by atoms with Gasteiger partial charge < -0.3 is 4.74 Å². The maximum atomic E-state index is 6.46. The smallest absolute Gasteiger partial charge is 0.0602 e. The summed E-state index contributed by atoms with van der Waals surface area (Å²) in [5.41, 5.74) is -0.0323. The van der Waals surface area contributed by atoms with Crippen molar-refractivity contribution < 1.29 is 4.74 Å². The maximum absolute atomic E-state index is 6.46. The predicted molar refractivity (Wildman–Crippen MR) is 192 cm³/mol. The van der Waals surface area contributed by atoms with Gasteiger partial charge in [-0.3, -0.25) is 0 Å². The lowest BCUT2D eigenvalue weighted by atomic mass is 10.0. The van der Waals surface area contributed by atoms with Crippen molar-refractivity contribution in [2.45, 2.75) is 188 Å². The summed E-state index contributed by atoms with van der Waals surface area (Å²) in [5.74, 6) is 0. The summed E-state index contributed by atoms with van der Waals surface area (Å²) < 4.78 is 6.46. The Morgan fingerprint density at radius 1 is 0.405 bits per heavy atom. The largest absolute Gasteiger partial charge is 0.373 e. The summed E-state index contributed by atoms with van der Waals surface area (Å²) >= 11 is 0. The topological polar surface area (TPSA) is 9.23 Å². The van der Waals surface area contributed by atoms with Gasteiger partial charge in [0.15, 0.2) is 0 Å². The molecule has 0 unspecified atom stereocenters. The van der Waals surface area contributed by atoms with E-state index in [0.29, 0.717) is 6.10 Å².